The highest BCUT2D eigenvalue weighted by Gasteiger charge is 2.22. The Labute approximate surface area is 168 Å². The maximum absolute atomic E-state index is 5.49. The van der Waals surface area contributed by atoms with Gasteiger partial charge in [-0.25, -0.2) is 4.98 Å². The Morgan fingerprint density at radius 2 is 1.61 bits per heavy atom. The van der Waals surface area contributed by atoms with E-state index < -0.39 is 0 Å². The summed E-state index contributed by atoms with van der Waals surface area (Å²) in [4.78, 5) is 14.3. The largest absolute Gasteiger partial charge is 0.493 e. The first-order valence-corrected chi connectivity index (χ1v) is 10.2. The van der Waals surface area contributed by atoms with Gasteiger partial charge in [-0.2, -0.15) is 4.98 Å². The summed E-state index contributed by atoms with van der Waals surface area (Å²) in [7, 11) is 3.36. The number of ether oxygens (including phenoxy) is 2. The molecule has 1 aromatic carbocycles. The van der Waals surface area contributed by atoms with E-state index in [-0.39, 0.29) is 0 Å². The molecule has 0 saturated heterocycles. The lowest BCUT2D eigenvalue weighted by Gasteiger charge is -2.31. The van der Waals surface area contributed by atoms with Gasteiger partial charge in [-0.15, -0.1) is 0 Å². The molecular weight excluding hydrogens is 352 g/mol. The predicted molar refractivity (Wildman–Crippen MR) is 114 cm³/mol. The first-order valence-electron chi connectivity index (χ1n) is 10.2. The van der Waals surface area contributed by atoms with Crippen molar-refractivity contribution in [2.45, 2.75) is 46.6 Å². The van der Waals surface area contributed by atoms with E-state index in [2.05, 4.69) is 48.8 Å². The summed E-state index contributed by atoms with van der Waals surface area (Å²) < 4.78 is 10.9. The topological polar surface area (TPSA) is 50.7 Å². The second-order valence-electron chi connectivity index (χ2n) is 7.30. The van der Waals surface area contributed by atoms with Gasteiger partial charge in [0.25, 0.3) is 0 Å². The first-order chi connectivity index (χ1) is 13.6. The maximum Gasteiger partial charge on any atom is 0.227 e. The van der Waals surface area contributed by atoms with Crippen molar-refractivity contribution in [3.05, 3.63) is 35.0 Å². The van der Waals surface area contributed by atoms with E-state index >= 15 is 0 Å². The van der Waals surface area contributed by atoms with Gasteiger partial charge < -0.3 is 19.3 Å². The molecule has 1 aliphatic rings. The van der Waals surface area contributed by atoms with Crippen LogP contribution in [-0.2, 0) is 13.0 Å². The van der Waals surface area contributed by atoms with E-state index in [1.807, 2.05) is 0 Å². The van der Waals surface area contributed by atoms with Crippen LogP contribution in [0.3, 0.4) is 0 Å². The highest BCUT2D eigenvalue weighted by atomic mass is 16.5. The zero-order valence-corrected chi connectivity index (χ0v) is 17.8. The minimum Gasteiger partial charge on any atom is -0.493 e. The minimum atomic E-state index is 0.778. The second-order valence-corrected chi connectivity index (χ2v) is 7.30. The summed E-state index contributed by atoms with van der Waals surface area (Å²) in [5, 5.41) is 0. The van der Waals surface area contributed by atoms with E-state index in [4.69, 9.17) is 19.4 Å². The molecule has 0 amide bonds. The van der Waals surface area contributed by atoms with Gasteiger partial charge in [0.2, 0.25) is 5.95 Å². The lowest BCUT2D eigenvalue weighted by molar-refractivity contribution is 0.353. The van der Waals surface area contributed by atoms with Gasteiger partial charge in [0.1, 0.15) is 5.82 Å². The standard InChI is InChI=1S/C22H32N4O2/c1-6-9-25(10-7-2)22-23-16(3)12-21(24-22)26-11-8-17-13-19(27-4)20(28-5)14-18(17)15-26/h12-14H,6-11,15H2,1-5H3. The van der Waals surface area contributed by atoms with E-state index in [0.717, 1.165) is 74.4 Å². The number of aromatic nitrogens is 2. The van der Waals surface area contributed by atoms with Gasteiger partial charge in [0, 0.05) is 37.9 Å². The Bertz CT molecular complexity index is 803. The lowest BCUT2D eigenvalue weighted by atomic mass is 9.99. The van der Waals surface area contributed by atoms with Crippen LogP contribution >= 0.6 is 0 Å². The van der Waals surface area contributed by atoms with Crippen LogP contribution in [0.5, 0.6) is 11.5 Å². The molecule has 0 N–H and O–H groups in total. The van der Waals surface area contributed by atoms with Gasteiger partial charge in [-0.05, 0) is 49.4 Å². The fraction of sp³-hybridized carbons (Fsp3) is 0.545. The van der Waals surface area contributed by atoms with Crippen molar-refractivity contribution < 1.29 is 9.47 Å². The van der Waals surface area contributed by atoms with Gasteiger partial charge in [-0.1, -0.05) is 13.8 Å². The molecule has 0 spiro atoms. The maximum atomic E-state index is 5.49. The fourth-order valence-electron chi connectivity index (χ4n) is 3.77. The molecule has 0 bridgehead atoms. The molecule has 3 rings (SSSR count). The summed E-state index contributed by atoms with van der Waals surface area (Å²) in [6.07, 6.45) is 3.14. The molecule has 0 aliphatic carbocycles. The van der Waals surface area contributed by atoms with Crippen molar-refractivity contribution in [3.8, 4) is 11.5 Å². The van der Waals surface area contributed by atoms with Crippen LogP contribution < -0.4 is 19.3 Å². The lowest BCUT2D eigenvalue weighted by Crippen LogP contribution is -2.33. The highest BCUT2D eigenvalue weighted by Crippen LogP contribution is 2.34. The monoisotopic (exact) mass is 384 g/mol. The summed E-state index contributed by atoms with van der Waals surface area (Å²) in [5.41, 5.74) is 3.59. The van der Waals surface area contributed by atoms with E-state index in [0.29, 0.717) is 0 Å². The van der Waals surface area contributed by atoms with Crippen LogP contribution in [0.4, 0.5) is 11.8 Å². The molecule has 1 aromatic heterocycles. The third-order valence-corrected chi connectivity index (χ3v) is 5.14. The molecule has 0 saturated carbocycles. The molecule has 1 aliphatic heterocycles. The van der Waals surface area contributed by atoms with Crippen LogP contribution in [0.15, 0.2) is 18.2 Å². The SMILES string of the molecule is CCCN(CCC)c1nc(C)cc(N2CCc3cc(OC)c(OC)cc3C2)n1. The highest BCUT2D eigenvalue weighted by molar-refractivity contribution is 5.53. The van der Waals surface area contributed by atoms with Crippen molar-refractivity contribution >= 4 is 11.8 Å². The Kier molecular flexibility index (Phi) is 6.60. The van der Waals surface area contributed by atoms with E-state index in [9.17, 15) is 0 Å². The Morgan fingerprint density at radius 1 is 0.964 bits per heavy atom. The number of anilines is 2. The van der Waals surface area contributed by atoms with Crippen LogP contribution in [-0.4, -0.2) is 43.8 Å². The number of aryl methyl sites for hydroxylation is 1. The summed E-state index contributed by atoms with van der Waals surface area (Å²) in [5.74, 6) is 3.42. The number of hydrogen-bond donors (Lipinski definition) is 0. The smallest absolute Gasteiger partial charge is 0.227 e. The van der Waals surface area contributed by atoms with Crippen molar-refractivity contribution in [1.29, 1.82) is 0 Å². The number of methoxy groups -OCH3 is 2. The summed E-state index contributed by atoms with van der Waals surface area (Å²) in [6, 6.07) is 6.29. The third kappa shape index (κ3) is 4.32. The number of rotatable bonds is 8. The Balaban J connectivity index is 1.89. The second kappa shape index (κ2) is 9.13. The molecule has 0 radical (unpaired) electrons. The molecule has 28 heavy (non-hydrogen) atoms. The zero-order chi connectivity index (χ0) is 20.1. The molecule has 2 aromatic rings. The van der Waals surface area contributed by atoms with E-state index in [1.54, 1.807) is 14.2 Å². The Hall–Kier alpha value is -2.50. The number of nitrogens with zero attached hydrogens (tertiary/aromatic N) is 4. The van der Waals surface area contributed by atoms with Crippen LogP contribution in [0.25, 0.3) is 0 Å². The van der Waals surface area contributed by atoms with Crippen molar-refractivity contribution in [2.24, 2.45) is 0 Å². The number of benzene rings is 1. The van der Waals surface area contributed by atoms with E-state index in [1.165, 1.54) is 11.1 Å². The van der Waals surface area contributed by atoms with Crippen LogP contribution in [0.2, 0.25) is 0 Å². The van der Waals surface area contributed by atoms with Gasteiger partial charge in [0.15, 0.2) is 11.5 Å². The average Bonchev–Trinajstić information content (AvgIpc) is 2.71. The molecule has 0 unspecified atom stereocenters. The summed E-state index contributed by atoms with van der Waals surface area (Å²) >= 11 is 0. The predicted octanol–water partition coefficient (Wildman–Crippen LogP) is 3.99. The molecular formula is C22H32N4O2. The molecule has 0 fully saturated rings. The van der Waals surface area contributed by atoms with Crippen LogP contribution in [0.1, 0.15) is 43.5 Å². The molecule has 0 atom stereocenters. The Morgan fingerprint density at radius 3 is 2.21 bits per heavy atom. The fourth-order valence-corrected chi connectivity index (χ4v) is 3.77. The molecule has 6 nitrogen and oxygen atoms in total. The normalized spacial score (nSPS) is 13.2. The van der Waals surface area contributed by atoms with Crippen molar-refractivity contribution in [3.63, 3.8) is 0 Å². The third-order valence-electron chi connectivity index (χ3n) is 5.14. The zero-order valence-electron chi connectivity index (χ0n) is 17.8. The minimum absolute atomic E-state index is 0.778. The number of hydrogen-bond acceptors (Lipinski definition) is 6. The quantitative estimate of drug-likeness (QED) is 0.686. The number of fused-ring (bicyclic) bond motifs is 1. The van der Waals surface area contributed by atoms with Gasteiger partial charge in [-0.3, -0.25) is 0 Å². The van der Waals surface area contributed by atoms with Gasteiger partial charge in [0.05, 0.1) is 14.2 Å². The molecule has 152 valence electrons. The average molecular weight is 385 g/mol. The molecule has 6 heteroatoms. The van der Waals surface area contributed by atoms with Crippen molar-refractivity contribution in [1.82, 2.24) is 9.97 Å². The van der Waals surface area contributed by atoms with Crippen molar-refractivity contribution in [2.75, 3.05) is 43.7 Å². The summed E-state index contributed by atoms with van der Waals surface area (Å²) in [6.45, 7) is 10.2. The molecule has 2 heterocycles. The van der Waals surface area contributed by atoms with Crippen LogP contribution in [0, 0.1) is 6.92 Å². The van der Waals surface area contributed by atoms with Gasteiger partial charge >= 0.3 is 0 Å². The first kappa shape index (κ1) is 20.2.